The molecule has 0 spiro atoms. The summed E-state index contributed by atoms with van der Waals surface area (Å²) < 4.78 is 22.3. The third kappa shape index (κ3) is 3.29. The van der Waals surface area contributed by atoms with Crippen LogP contribution in [0.25, 0.3) is 0 Å². The number of carbonyl (C=O) groups excluding carboxylic acids is 2. The van der Waals surface area contributed by atoms with Gasteiger partial charge in [0.25, 0.3) is 0 Å². The van der Waals surface area contributed by atoms with Gasteiger partial charge in [0, 0.05) is 24.8 Å². The van der Waals surface area contributed by atoms with Crippen molar-refractivity contribution < 1.29 is 28.5 Å². The molecule has 134 valence electrons. The SMILES string of the molecule is O=C(OC1COC2C(OC(=O)c3cccnc3)COC12)c1cccnc1. The van der Waals surface area contributed by atoms with Crippen LogP contribution in [0.15, 0.2) is 49.1 Å². The standard InChI is InChI=1S/C18H16N2O6/c21-17(11-3-1-5-19-7-11)25-13-9-23-16-14(10-24-15(13)16)26-18(22)12-4-2-6-20-8-12/h1-8,13-16H,9-10H2. The highest BCUT2D eigenvalue weighted by Crippen LogP contribution is 2.31. The minimum absolute atomic E-state index is 0.183. The first-order valence-corrected chi connectivity index (χ1v) is 8.17. The Morgan fingerprint density at radius 1 is 0.846 bits per heavy atom. The van der Waals surface area contributed by atoms with Gasteiger partial charge in [-0.15, -0.1) is 0 Å². The highest BCUT2D eigenvalue weighted by atomic mass is 16.7. The van der Waals surface area contributed by atoms with Gasteiger partial charge in [0.05, 0.1) is 24.3 Å². The van der Waals surface area contributed by atoms with Crippen LogP contribution in [0.2, 0.25) is 0 Å². The highest BCUT2D eigenvalue weighted by molar-refractivity contribution is 5.89. The van der Waals surface area contributed by atoms with Gasteiger partial charge in [-0.25, -0.2) is 9.59 Å². The molecule has 0 amide bonds. The van der Waals surface area contributed by atoms with Gasteiger partial charge < -0.3 is 18.9 Å². The molecule has 4 unspecified atom stereocenters. The van der Waals surface area contributed by atoms with Crippen LogP contribution in [-0.4, -0.2) is 59.5 Å². The van der Waals surface area contributed by atoms with E-state index in [4.69, 9.17) is 18.9 Å². The number of fused-ring (bicyclic) bond motifs is 1. The Balaban J connectivity index is 1.37. The van der Waals surface area contributed by atoms with E-state index in [1.807, 2.05) is 0 Å². The topological polar surface area (TPSA) is 96.8 Å². The number of aromatic nitrogens is 2. The lowest BCUT2D eigenvalue weighted by atomic mass is 10.1. The fourth-order valence-corrected chi connectivity index (χ4v) is 3.01. The number of ether oxygens (including phenoxy) is 4. The Labute approximate surface area is 149 Å². The Morgan fingerprint density at radius 3 is 1.69 bits per heavy atom. The number of hydrogen-bond acceptors (Lipinski definition) is 8. The number of carbonyl (C=O) groups is 2. The van der Waals surface area contributed by atoms with Crippen molar-refractivity contribution in [3.8, 4) is 0 Å². The van der Waals surface area contributed by atoms with E-state index in [1.165, 1.54) is 12.4 Å². The maximum atomic E-state index is 12.2. The minimum atomic E-state index is -0.560. The maximum Gasteiger partial charge on any atom is 0.340 e. The molecule has 2 saturated heterocycles. The first kappa shape index (κ1) is 16.6. The van der Waals surface area contributed by atoms with Crippen LogP contribution in [0.4, 0.5) is 0 Å². The molecule has 2 aromatic rings. The second kappa shape index (κ2) is 7.19. The Bertz CT molecular complexity index is 717. The summed E-state index contributed by atoms with van der Waals surface area (Å²) in [4.78, 5) is 32.1. The lowest BCUT2D eigenvalue weighted by molar-refractivity contribution is -0.0287. The van der Waals surface area contributed by atoms with Gasteiger partial charge in [-0.3, -0.25) is 9.97 Å². The summed E-state index contributed by atoms with van der Waals surface area (Å²) in [7, 11) is 0. The lowest BCUT2D eigenvalue weighted by Crippen LogP contribution is -2.36. The van der Waals surface area contributed by atoms with Crippen LogP contribution in [-0.2, 0) is 18.9 Å². The Hall–Kier alpha value is -2.84. The second-order valence-corrected chi connectivity index (χ2v) is 5.97. The molecule has 4 rings (SSSR count). The zero-order valence-corrected chi connectivity index (χ0v) is 13.7. The average Bonchev–Trinajstić information content (AvgIpc) is 3.27. The predicted octanol–water partition coefficient (Wildman–Crippen LogP) is 1.03. The molecular weight excluding hydrogens is 340 g/mol. The average molecular weight is 356 g/mol. The molecule has 8 heteroatoms. The largest absolute Gasteiger partial charge is 0.453 e. The fourth-order valence-electron chi connectivity index (χ4n) is 3.01. The van der Waals surface area contributed by atoms with Crippen LogP contribution in [0.1, 0.15) is 20.7 Å². The molecule has 4 heterocycles. The number of rotatable bonds is 4. The van der Waals surface area contributed by atoms with Gasteiger partial charge in [-0.05, 0) is 24.3 Å². The zero-order valence-electron chi connectivity index (χ0n) is 13.7. The number of nitrogens with zero attached hydrogens (tertiary/aromatic N) is 2. The van der Waals surface area contributed by atoms with Gasteiger partial charge in [0.15, 0.2) is 12.2 Å². The second-order valence-electron chi connectivity index (χ2n) is 5.97. The normalized spacial score (nSPS) is 26.9. The molecule has 2 aliphatic heterocycles. The van der Waals surface area contributed by atoms with Crippen molar-refractivity contribution in [1.29, 1.82) is 0 Å². The monoisotopic (exact) mass is 356 g/mol. The molecule has 2 fully saturated rings. The van der Waals surface area contributed by atoms with Crippen molar-refractivity contribution in [2.45, 2.75) is 24.4 Å². The molecule has 0 radical (unpaired) electrons. The van der Waals surface area contributed by atoms with Crippen LogP contribution < -0.4 is 0 Å². The van der Waals surface area contributed by atoms with E-state index in [0.29, 0.717) is 11.1 Å². The van der Waals surface area contributed by atoms with Crippen molar-refractivity contribution >= 4 is 11.9 Å². The molecule has 0 bridgehead atoms. The molecule has 4 atom stereocenters. The summed E-state index contributed by atoms with van der Waals surface area (Å²) in [6, 6.07) is 6.56. The van der Waals surface area contributed by atoms with Crippen LogP contribution in [0, 0.1) is 0 Å². The molecule has 8 nitrogen and oxygen atoms in total. The van der Waals surface area contributed by atoms with E-state index in [0.717, 1.165) is 0 Å². The van der Waals surface area contributed by atoms with E-state index >= 15 is 0 Å². The van der Waals surface area contributed by atoms with Crippen LogP contribution in [0.3, 0.4) is 0 Å². The summed E-state index contributed by atoms with van der Waals surface area (Å²) >= 11 is 0. The van der Waals surface area contributed by atoms with Crippen molar-refractivity contribution in [2.24, 2.45) is 0 Å². The first-order chi connectivity index (χ1) is 12.7. The van der Waals surface area contributed by atoms with Gasteiger partial charge in [-0.1, -0.05) is 0 Å². The van der Waals surface area contributed by atoms with Gasteiger partial charge in [0.1, 0.15) is 12.2 Å². The van der Waals surface area contributed by atoms with Crippen molar-refractivity contribution in [3.05, 3.63) is 60.2 Å². The molecule has 2 aliphatic rings. The van der Waals surface area contributed by atoms with E-state index in [-0.39, 0.29) is 13.2 Å². The summed E-state index contributed by atoms with van der Waals surface area (Å²) in [6.07, 6.45) is 3.96. The fraction of sp³-hybridized carbons (Fsp3) is 0.333. The Morgan fingerprint density at radius 2 is 1.31 bits per heavy atom. The zero-order chi connectivity index (χ0) is 17.9. The van der Waals surface area contributed by atoms with Gasteiger partial charge >= 0.3 is 11.9 Å². The summed E-state index contributed by atoms with van der Waals surface area (Å²) in [5, 5.41) is 0. The molecule has 0 saturated carbocycles. The highest BCUT2D eigenvalue weighted by Gasteiger charge is 2.51. The third-order valence-corrected chi connectivity index (χ3v) is 4.27. The van der Waals surface area contributed by atoms with Crippen LogP contribution in [0.5, 0.6) is 0 Å². The van der Waals surface area contributed by atoms with Gasteiger partial charge in [-0.2, -0.15) is 0 Å². The maximum absolute atomic E-state index is 12.2. The van der Waals surface area contributed by atoms with Crippen LogP contribution >= 0.6 is 0 Å². The third-order valence-electron chi connectivity index (χ3n) is 4.27. The van der Waals surface area contributed by atoms with Crippen molar-refractivity contribution in [3.63, 3.8) is 0 Å². The molecule has 0 aliphatic carbocycles. The first-order valence-electron chi connectivity index (χ1n) is 8.17. The van der Waals surface area contributed by atoms with Crippen molar-refractivity contribution in [2.75, 3.05) is 13.2 Å². The molecular formula is C18H16N2O6. The Kier molecular flexibility index (Phi) is 4.59. The molecule has 0 aromatic carbocycles. The van der Waals surface area contributed by atoms with Gasteiger partial charge in [0.2, 0.25) is 0 Å². The minimum Gasteiger partial charge on any atom is -0.453 e. The van der Waals surface area contributed by atoms with E-state index in [2.05, 4.69) is 9.97 Å². The summed E-state index contributed by atoms with van der Waals surface area (Å²) in [6.45, 7) is 0.366. The number of pyridine rings is 2. The smallest absolute Gasteiger partial charge is 0.340 e. The number of hydrogen-bond donors (Lipinski definition) is 0. The van der Waals surface area contributed by atoms with E-state index in [1.54, 1.807) is 36.7 Å². The quantitative estimate of drug-likeness (QED) is 0.749. The van der Waals surface area contributed by atoms with Crippen molar-refractivity contribution in [1.82, 2.24) is 9.97 Å². The van der Waals surface area contributed by atoms with E-state index < -0.39 is 36.4 Å². The lowest BCUT2D eigenvalue weighted by Gasteiger charge is -2.17. The predicted molar refractivity (Wildman–Crippen MR) is 86.4 cm³/mol. The summed E-state index contributed by atoms with van der Waals surface area (Å²) in [5.41, 5.74) is 0.710. The summed E-state index contributed by atoms with van der Waals surface area (Å²) in [5.74, 6) is -0.987. The molecule has 2 aromatic heterocycles. The van der Waals surface area contributed by atoms with E-state index in [9.17, 15) is 9.59 Å². The molecule has 26 heavy (non-hydrogen) atoms. The number of esters is 2. The molecule has 0 N–H and O–H groups in total.